The Bertz CT molecular complexity index is 112. The fourth-order valence-electron chi connectivity index (χ4n) is 1.89. The van der Waals surface area contributed by atoms with Gasteiger partial charge in [-0.05, 0) is 12.8 Å². The van der Waals surface area contributed by atoms with Crippen LogP contribution in [0, 0.1) is 0 Å². The molecule has 0 aromatic heterocycles. The molecule has 70 valence electrons. The van der Waals surface area contributed by atoms with Gasteiger partial charge in [0.05, 0.1) is 19.8 Å². The van der Waals surface area contributed by atoms with E-state index in [4.69, 9.17) is 9.47 Å². The number of ether oxygens (including phenoxy) is 2. The van der Waals surface area contributed by atoms with Crippen LogP contribution in [0.15, 0.2) is 0 Å². The number of hydrogen-bond donors (Lipinski definition) is 0. The molecule has 0 N–H and O–H groups in total. The zero-order valence-electron chi connectivity index (χ0n) is 7.50. The lowest BCUT2D eigenvalue weighted by atomic mass is 10.1. The van der Waals surface area contributed by atoms with Gasteiger partial charge in [-0.3, -0.25) is 4.90 Å². The number of likely N-dealkylation sites (tertiary alicyclic amines) is 1. The highest BCUT2D eigenvalue weighted by molar-refractivity contribution is 4.69. The largest absolute Gasteiger partial charge is 0.375 e. The van der Waals surface area contributed by atoms with Crippen molar-refractivity contribution in [3.63, 3.8) is 0 Å². The monoisotopic (exact) mass is 171 g/mol. The summed E-state index contributed by atoms with van der Waals surface area (Å²) < 4.78 is 11.0. The molecule has 2 rings (SSSR count). The van der Waals surface area contributed by atoms with Crippen molar-refractivity contribution in [2.45, 2.75) is 25.5 Å². The lowest BCUT2D eigenvalue weighted by Gasteiger charge is -2.36. The molecule has 2 aliphatic rings. The average Bonchev–Trinajstić information content (AvgIpc) is 2.21. The molecule has 2 heterocycles. The van der Waals surface area contributed by atoms with Crippen molar-refractivity contribution >= 4 is 0 Å². The van der Waals surface area contributed by atoms with Crippen LogP contribution in [-0.2, 0) is 9.47 Å². The van der Waals surface area contributed by atoms with Crippen LogP contribution in [0.5, 0.6) is 0 Å². The minimum Gasteiger partial charge on any atom is -0.375 e. The third-order valence-electron chi connectivity index (χ3n) is 2.60. The summed E-state index contributed by atoms with van der Waals surface area (Å²) in [6, 6.07) is 0. The van der Waals surface area contributed by atoms with E-state index in [0.29, 0.717) is 0 Å². The Balaban J connectivity index is 1.80. The zero-order chi connectivity index (χ0) is 8.23. The second-order valence-electron chi connectivity index (χ2n) is 3.50. The van der Waals surface area contributed by atoms with Gasteiger partial charge in [-0.1, -0.05) is 6.42 Å². The first-order valence-electron chi connectivity index (χ1n) is 4.90. The van der Waals surface area contributed by atoms with Gasteiger partial charge in [-0.2, -0.15) is 0 Å². The van der Waals surface area contributed by atoms with Gasteiger partial charge in [0, 0.05) is 13.1 Å². The summed E-state index contributed by atoms with van der Waals surface area (Å²) in [5.41, 5.74) is 0. The van der Waals surface area contributed by atoms with Crippen LogP contribution in [0.3, 0.4) is 0 Å². The second-order valence-corrected chi connectivity index (χ2v) is 3.50. The molecule has 2 fully saturated rings. The zero-order valence-corrected chi connectivity index (χ0v) is 7.50. The highest BCUT2D eigenvalue weighted by atomic mass is 16.6. The molecular formula is C9H17NO2. The molecule has 0 aromatic rings. The van der Waals surface area contributed by atoms with Crippen molar-refractivity contribution in [3.8, 4) is 0 Å². The van der Waals surface area contributed by atoms with E-state index in [-0.39, 0.29) is 6.23 Å². The van der Waals surface area contributed by atoms with Crippen LogP contribution in [0.2, 0.25) is 0 Å². The molecule has 0 aliphatic carbocycles. The van der Waals surface area contributed by atoms with E-state index >= 15 is 0 Å². The molecule has 0 spiro atoms. The Labute approximate surface area is 73.6 Å². The second kappa shape index (κ2) is 4.21. The van der Waals surface area contributed by atoms with Crippen LogP contribution in [0.25, 0.3) is 0 Å². The number of nitrogens with zero attached hydrogens (tertiary/aromatic N) is 1. The van der Waals surface area contributed by atoms with Crippen LogP contribution in [0.4, 0.5) is 0 Å². The quantitative estimate of drug-likeness (QED) is 0.583. The van der Waals surface area contributed by atoms with Gasteiger partial charge in [0.1, 0.15) is 6.23 Å². The molecule has 2 aliphatic heterocycles. The SMILES string of the molecule is C1CCN(C2COCCO2)CC1. The third kappa shape index (κ3) is 1.97. The Kier molecular flexibility index (Phi) is 2.98. The van der Waals surface area contributed by atoms with E-state index < -0.39 is 0 Å². The lowest BCUT2D eigenvalue weighted by Crippen LogP contribution is -2.46. The summed E-state index contributed by atoms with van der Waals surface area (Å²) in [6.45, 7) is 4.67. The molecule has 12 heavy (non-hydrogen) atoms. The van der Waals surface area contributed by atoms with Gasteiger partial charge in [0.15, 0.2) is 0 Å². The molecule has 1 unspecified atom stereocenters. The van der Waals surface area contributed by atoms with E-state index in [1.165, 1.54) is 32.4 Å². The summed E-state index contributed by atoms with van der Waals surface area (Å²) in [7, 11) is 0. The van der Waals surface area contributed by atoms with Crippen molar-refractivity contribution in [2.24, 2.45) is 0 Å². The molecule has 0 radical (unpaired) electrons. The van der Waals surface area contributed by atoms with Gasteiger partial charge in [0.25, 0.3) is 0 Å². The molecule has 2 saturated heterocycles. The summed E-state index contributed by atoms with van der Waals surface area (Å²) in [6.07, 6.45) is 4.27. The maximum atomic E-state index is 5.62. The standard InChI is InChI=1S/C9H17NO2/c1-2-4-10(5-3-1)9-8-11-6-7-12-9/h9H,1-8H2. The number of hydrogen-bond acceptors (Lipinski definition) is 3. The molecule has 0 aromatic carbocycles. The predicted molar refractivity (Wildman–Crippen MR) is 46.0 cm³/mol. The first kappa shape index (κ1) is 8.48. The Morgan fingerprint density at radius 1 is 1.00 bits per heavy atom. The van der Waals surface area contributed by atoms with E-state index in [0.717, 1.165) is 19.8 Å². The minimum absolute atomic E-state index is 0.249. The lowest BCUT2D eigenvalue weighted by molar-refractivity contribution is -0.157. The molecule has 1 atom stereocenters. The first-order valence-corrected chi connectivity index (χ1v) is 4.90. The van der Waals surface area contributed by atoms with Crippen LogP contribution in [0.1, 0.15) is 19.3 Å². The Hall–Kier alpha value is -0.120. The van der Waals surface area contributed by atoms with Gasteiger partial charge in [0.2, 0.25) is 0 Å². The fraction of sp³-hybridized carbons (Fsp3) is 1.00. The topological polar surface area (TPSA) is 21.7 Å². The van der Waals surface area contributed by atoms with E-state index in [2.05, 4.69) is 4.90 Å². The van der Waals surface area contributed by atoms with Gasteiger partial charge in [-0.25, -0.2) is 0 Å². The van der Waals surface area contributed by atoms with Crippen LogP contribution >= 0.6 is 0 Å². The van der Waals surface area contributed by atoms with Crippen molar-refractivity contribution in [2.75, 3.05) is 32.9 Å². The molecule has 3 nitrogen and oxygen atoms in total. The summed E-state index contributed by atoms with van der Waals surface area (Å²) in [5.74, 6) is 0. The van der Waals surface area contributed by atoms with Gasteiger partial charge >= 0.3 is 0 Å². The first-order chi connectivity index (χ1) is 5.97. The Morgan fingerprint density at radius 2 is 1.83 bits per heavy atom. The van der Waals surface area contributed by atoms with Crippen molar-refractivity contribution in [3.05, 3.63) is 0 Å². The maximum absolute atomic E-state index is 5.62. The van der Waals surface area contributed by atoms with Gasteiger partial charge < -0.3 is 9.47 Å². The third-order valence-corrected chi connectivity index (χ3v) is 2.60. The van der Waals surface area contributed by atoms with Crippen LogP contribution in [-0.4, -0.2) is 44.0 Å². The smallest absolute Gasteiger partial charge is 0.134 e. The predicted octanol–water partition coefficient (Wildman–Crippen LogP) is 0.845. The van der Waals surface area contributed by atoms with Crippen LogP contribution < -0.4 is 0 Å². The molecule has 0 amide bonds. The van der Waals surface area contributed by atoms with E-state index in [1.807, 2.05) is 0 Å². The van der Waals surface area contributed by atoms with E-state index in [1.54, 1.807) is 0 Å². The van der Waals surface area contributed by atoms with Crippen molar-refractivity contribution in [1.82, 2.24) is 4.90 Å². The highest BCUT2D eigenvalue weighted by Crippen LogP contribution is 2.14. The molecular weight excluding hydrogens is 154 g/mol. The van der Waals surface area contributed by atoms with Crippen molar-refractivity contribution in [1.29, 1.82) is 0 Å². The number of piperidine rings is 1. The fourth-order valence-corrected chi connectivity index (χ4v) is 1.89. The highest BCUT2D eigenvalue weighted by Gasteiger charge is 2.23. The Morgan fingerprint density at radius 3 is 2.50 bits per heavy atom. The maximum Gasteiger partial charge on any atom is 0.134 e. The summed E-state index contributed by atoms with van der Waals surface area (Å²) in [4.78, 5) is 2.41. The molecule has 0 saturated carbocycles. The average molecular weight is 171 g/mol. The summed E-state index contributed by atoms with van der Waals surface area (Å²) in [5, 5.41) is 0. The molecule has 0 bridgehead atoms. The van der Waals surface area contributed by atoms with E-state index in [9.17, 15) is 0 Å². The number of rotatable bonds is 1. The van der Waals surface area contributed by atoms with Crippen molar-refractivity contribution < 1.29 is 9.47 Å². The molecule has 3 heteroatoms. The van der Waals surface area contributed by atoms with Gasteiger partial charge in [-0.15, -0.1) is 0 Å². The normalized spacial score (nSPS) is 33.5. The summed E-state index contributed by atoms with van der Waals surface area (Å²) >= 11 is 0. The minimum atomic E-state index is 0.249.